The van der Waals surface area contributed by atoms with E-state index in [0.29, 0.717) is 12.8 Å². The summed E-state index contributed by atoms with van der Waals surface area (Å²) in [6, 6.07) is 18.8. The summed E-state index contributed by atoms with van der Waals surface area (Å²) >= 11 is 0. The predicted octanol–water partition coefficient (Wildman–Crippen LogP) is 9.66. The van der Waals surface area contributed by atoms with Crippen LogP contribution in [-0.2, 0) is 41.8 Å². The number of nitrogens with zero attached hydrogens (tertiary/aromatic N) is 2. The number of hydrogen-bond acceptors (Lipinski definition) is 8. The first kappa shape index (κ1) is 41.1. The van der Waals surface area contributed by atoms with Crippen LogP contribution in [0.5, 0.6) is 0 Å². The van der Waals surface area contributed by atoms with Crippen LogP contribution >= 0.6 is 0 Å². The molecule has 0 radical (unpaired) electrons. The first-order chi connectivity index (χ1) is 26.3. The monoisotopic (exact) mass is 746 g/mol. The lowest BCUT2D eigenvalue weighted by Crippen LogP contribution is -2.55. The number of carbonyl (C=O) groups is 4. The Hall–Kier alpha value is -4.08. The molecule has 6 aliphatic heterocycles. The second-order valence-electron chi connectivity index (χ2n) is 15.5. The van der Waals surface area contributed by atoms with Crippen molar-refractivity contribution in [2.75, 3.05) is 0 Å². The summed E-state index contributed by atoms with van der Waals surface area (Å²) in [5, 5.41) is 0. The summed E-state index contributed by atoms with van der Waals surface area (Å²) in [4.78, 5) is 56.7. The summed E-state index contributed by atoms with van der Waals surface area (Å²) in [6.45, 7) is 4.34. The van der Waals surface area contributed by atoms with Crippen LogP contribution in [0.3, 0.4) is 0 Å². The number of benzene rings is 2. The van der Waals surface area contributed by atoms with Gasteiger partial charge < -0.3 is 18.9 Å². The van der Waals surface area contributed by atoms with Gasteiger partial charge in [-0.1, -0.05) is 112 Å². The molecule has 10 heteroatoms. The molecule has 54 heavy (non-hydrogen) atoms. The zero-order valence-electron chi connectivity index (χ0n) is 32.5. The average molecular weight is 747 g/mol. The van der Waals surface area contributed by atoms with Crippen LogP contribution in [0.2, 0.25) is 0 Å². The number of rotatable bonds is 4. The summed E-state index contributed by atoms with van der Waals surface area (Å²) in [5.74, 6) is -0.416. The maximum Gasteiger partial charge on any atom is 0.410 e. The fraction of sp³-hybridized carbons (Fsp3) is 0.636. The Labute approximate surface area is 322 Å². The molecule has 2 amide bonds. The summed E-state index contributed by atoms with van der Waals surface area (Å²) in [6.07, 6.45) is 13.1. The lowest BCUT2D eigenvalue weighted by Gasteiger charge is -2.43. The largest absolute Gasteiger partial charge is 0.460 e. The smallest absolute Gasteiger partial charge is 0.410 e. The summed E-state index contributed by atoms with van der Waals surface area (Å²) < 4.78 is 23.6. The van der Waals surface area contributed by atoms with E-state index in [0.717, 1.165) is 114 Å². The van der Waals surface area contributed by atoms with E-state index in [1.165, 1.54) is 0 Å². The lowest BCUT2D eigenvalue weighted by atomic mass is 9.90. The first-order valence-corrected chi connectivity index (χ1v) is 20.7. The van der Waals surface area contributed by atoms with E-state index < -0.39 is 0 Å². The number of ether oxygens (including phenoxy) is 4. The molecule has 2 aromatic rings. The number of carbonyl (C=O) groups excluding carboxylic acids is 4. The van der Waals surface area contributed by atoms with Crippen LogP contribution in [0.25, 0.3) is 0 Å². The van der Waals surface area contributed by atoms with Crippen molar-refractivity contribution in [3.8, 4) is 0 Å². The second kappa shape index (κ2) is 21.7. The summed E-state index contributed by atoms with van der Waals surface area (Å²) in [7, 11) is 0. The molecule has 0 unspecified atom stereocenters. The quantitative estimate of drug-likeness (QED) is 0.225. The third-order valence-corrected chi connectivity index (χ3v) is 11.5. The molecule has 6 aliphatic rings. The Balaban J connectivity index is 1.18. The molecule has 0 aliphatic carbocycles. The van der Waals surface area contributed by atoms with Gasteiger partial charge in [-0.3, -0.25) is 19.4 Å². The lowest BCUT2D eigenvalue weighted by molar-refractivity contribution is -0.156. The highest BCUT2D eigenvalue weighted by Gasteiger charge is 2.41. The van der Waals surface area contributed by atoms with Crippen molar-refractivity contribution >= 4 is 24.1 Å². The van der Waals surface area contributed by atoms with Crippen LogP contribution in [0.4, 0.5) is 9.59 Å². The number of piperidine rings is 2. The average Bonchev–Trinajstić information content (AvgIpc) is 3.17. The Morgan fingerprint density at radius 3 is 1.31 bits per heavy atom. The standard InChI is InChI=1S/C44H62N2O8/c1-33-39-29-27-37(45(33)43(49)51-31-35-19-11-9-12-20-35)23-15-5-3-8-18-26-42(48)54-40-30-28-38(24-16-6-4-7-17-25-41(47)53-39)46(34(40)2)44(50)52-32-36-21-13-10-14-22-36/h9-14,19-22,33-34,37-40H,3-8,15-18,23-32H2,1-2H3/t33-,34-,37+,38+,39-,40-/m0/s1. The van der Waals surface area contributed by atoms with Crippen molar-refractivity contribution in [3.63, 3.8) is 0 Å². The Morgan fingerprint density at radius 2 is 0.907 bits per heavy atom. The molecule has 6 heterocycles. The molecule has 296 valence electrons. The van der Waals surface area contributed by atoms with Gasteiger partial charge in [0, 0.05) is 24.9 Å². The van der Waals surface area contributed by atoms with Gasteiger partial charge >= 0.3 is 24.1 Å². The molecule has 6 atom stereocenters. The molecule has 8 rings (SSSR count). The molecular formula is C44H62N2O8. The minimum Gasteiger partial charge on any atom is -0.460 e. The van der Waals surface area contributed by atoms with Crippen molar-refractivity contribution in [1.82, 2.24) is 9.80 Å². The van der Waals surface area contributed by atoms with E-state index in [4.69, 9.17) is 18.9 Å². The first-order valence-electron chi connectivity index (χ1n) is 20.7. The normalized spacial score (nSPS) is 27.1. The van der Waals surface area contributed by atoms with Gasteiger partial charge in [0.15, 0.2) is 0 Å². The van der Waals surface area contributed by atoms with E-state index in [1.807, 2.05) is 84.3 Å². The highest BCUT2D eigenvalue weighted by Crippen LogP contribution is 2.32. The zero-order chi connectivity index (χ0) is 38.1. The highest BCUT2D eigenvalue weighted by molar-refractivity contribution is 5.71. The summed E-state index contributed by atoms with van der Waals surface area (Å²) in [5.41, 5.74) is 1.86. The minimum absolute atomic E-state index is 0.0130. The molecule has 0 spiro atoms. The molecule has 4 bridgehead atoms. The number of esters is 2. The fourth-order valence-corrected chi connectivity index (χ4v) is 8.41. The molecule has 0 aromatic heterocycles. The van der Waals surface area contributed by atoms with E-state index in [1.54, 1.807) is 0 Å². The van der Waals surface area contributed by atoms with Crippen molar-refractivity contribution in [2.45, 2.75) is 179 Å². The van der Waals surface area contributed by atoms with Gasteiger partial charge in [0.05, 0.1) is 12.1 Å². The van der Waals surface area contributed by atoms with Gasteiger partial charge in [-0.05, 0) is 76.3 Å². The van der Waals surface area contributed by atoms with Gasteiger partial charge in [0.25, 0.3) is 0 Å². The molecule has 6 fully saturated rings. The van der Waals surface area contributed by atoms with E-state index >= 15 is 0 Å². The molecule has 6 saturated heterocycles. The Morgan fingerprint density at radius 1 is 0.537 bits per heavy atom. The predicted molar refractivity (Wildman–Crippen MR) is 206 cm³/mol. The molecule has 0 N–H and O–H groups in total. The van der Waals surface area contributed by atoms with Crippen molar-refractivity contribution in [1.29, 1.82) is 0 Å². The van der Waals surface area contributed by atoms with Crippen LogP contribution < -0.4 is 0 Å². The Kier molecular flexibility index (Phi) is 16.5. The fourth-order valence-electron chi connectivity index (χ4n) is 8.41. The van der Waals surface area contributed by atoms with E-state index in [2.05, 4.69) is 0 Å². The minimum atomic E-state index is -0.365. The van der Waals surface area contributed by atoms with Crippen molar-refractivity contribution in [3.05, 3.63) is 71.8 Å². The Bertz CT molecular complexity index is 1350. The van der Waals surface area contributed by atoms with Gasteiger partial charge in [-0.2, -0.15) is 0 Å². The molecular weight excluding hydrogens is 684 g/mol. The zero-order valence-corrected chi connectivity index (χ0v) is 32.5. The van der Waals surface area contributed by atoms with Crippen LogP contribution in [0, 0.1) is 0 Å². The van der Waals surface area contributed by atoms with E-state index in [-0.39, 0.29) is 73.7 Å². The van der Waals surface area contributed by atoms with Crippen LogP contribution in [-0.4, -0.2) is 70.3 Å². The number of amides is 2. The van der Waals surface area contributed by atoms with Crippen LogP contribution in [0.15, 0.2) is 60.7 Å². The SMILES string of the molecule is C[C@H]1[C@@H]2CC[C@@H](CCCCCCCC(=O)O[C@H]3CC[C@@H](CCCCCCCC(=O)O2)N(C(=O)OCc2ccccc2)[C@H]3C)N1C(=O)OCc1ccccc1. The maximum absolute atomic E-state index is 13.5. The third-order valence-electron chi connectivity index (χ3n) is 11.5. The van der Waals surface area contributed by atoms with Crippen molar-refractivity contribution in [2.24, 2.45) is 0 Å². The third kappa shape index (κ3) is 12.5. The van der Waals surface area contributed by atoms with Gasteiger partial charge in [0.2, 0.25) is 0 Å². The topological polar surface area (TPSA) is 112 Å². The molecule has 2 aromatic carbocycles. The van der Waals surface area contributed by atoms with E-state index in [9.17, 15) is 19.2 Å². The second-order valence-corrected chi connectivity index (χ2v) is 15.5. The highest BCUT2D eigenvalue weighted by atomic mass is 16.6. The molecule has 10 nitrogen and oxygen atoms in total. The van der Waals surface area contributed by atoms with Gasteiger partial charge in [-0.25, -0.2) is 9.59 Å². The number of hydrogen-bond donors (Lipinski definition) is 0. The maximum atomic E-state index is 13.5. The van der Waals surface area contributed by atoms with Crippen LogP contribution in [0.1, 0.15) is 141 Å². The van der Waals surface area contributed by atoms with Crippen molar-refractivity contribution < 1.29 is 38.1 Å². The molecule has 0 saturated carbocycles. The van der Waals surface area contributed by atoms with Gasteiger partial charge in [0.1, 0.15) is 25.4 Å². The van der Waals surface area contributed by atoms with Gasteiger partial charge in [-0.15, -0.1) is 0 Å².